The molecule has 1 N–H and O–H groups in total. The lowest BCUT2D eigenvalue weighted by atomic mass is 9.97. The van der Waals surface area contributed by atoms with E-state index in [1.807, 2.05) is 11.9 Å². The van der Waals surface area contributed by atoms with Gasteiger partial charge in [0.25, 0.3) is 0 Å². The minimum absolute atomic E-state index is 0.297. The molecule has 3 heteroatoms. The fourth-order valence-electron chi connectivity index (χ4n) is 1.96. The average molecular weight is 198 g/mol. The molecule has 0 aromatic heterocycles. The summed E-state index contributed by atoms with van der Waals surface area (Å²) in [4.78, 5) is 13.4. The summed E-state index contributed by atoms with van der Waals surface area (Å²) in [6.45, 7) is 5.22. The molecular formula is C11H22N2O. The van der Waals surface area contributed by atoms with E-state index < -0.39 is 0 Å². The second-order valence-electron chi connectivity index (χ2n) is 4.22. The van der Waals surface area contributed by atoms with Gasteiger partial charge in [0.05, 0.1) is 0 Å². The maximum atomic E-state index is 11.5. The second kappa shape index (κ2) is 6.02. The lowest BCUT2D eigenvalue weighted by Gasteiger charge is -2.27. The molecule has 0 bridgehead atoms. The number of rotatable bonds is 4. The number of hydrogen-bond donors (Lipinski definition) is 1. The summed E-state index contributed by atoms with van der Waals surface area (Å²) < 4.78 is 0. The zero-order valence-electron chi connectivity index (χ0n) is 9.38. The fourth-order valence-corrected chi connectivity index (χ4v) is 1.96. The molecule has 0 spiro atoms. The summed E-state index contributed by atoms with van der Waals surface area (Å²) in [6.07, 6.45) is 4.07. The molecule has 0 radical (unpaired) electrons. The van der Waals surface area contributed by atoms with Crippen LogP contribution in [0.15, 0.2) is 0 Å². The summed E-state index contributed by atoms with van der Waals surface area (Å²) in [5.41, 5.74) is 0. The Labute approximate surface area is 86.9 Å². The number of amides is 1. The van der Waals surface area contributed by atoms with Crippen molar-refractivity contribution in [2.75, 3.05) is 26.7 Å². The van der Waals surface area contributed by atoms with Gasteiger partial charge in [-0.1, -0.05) is 6.92 Å². The number of nitrogens with one attached hydrogen (secondary N) is 1. The van der Waals surface area contributed by atoms with Crippen molar-refractivity contribution in [1.82, 2.24) is 10.2 Å². The van der Waals surface area contributed by atoms with Gasteiger partial charge in [-0.3, -0.25) is 4.79 Å². The molecule has 1 aliphatic heterocycles. The third kappa shape index (κ3) is 3.66. The van der Waals surface area contributed by atoms with Gasteiger partial charge in [0.1, 0.15) is 0 Å². The van der Waals surface area contributed by atoms with Crippen molar-refractivity contribution < 1.29 is 4.79 Å². The van der Waals surface area contributed by atoms with Crippen LogP contribution in [0.3, 0.4) is 0 Å². The molecule has 3 nitrogen and oxygen atoms in total. The molecule has 1 aliphatic rings. The molecule has 0 saturated carbocycles. The van der Waals surface area contributed by atoms with E-state index in [1.165, 1.54) is 12.8 Å². The Morgan fingerprint density at radius 1 is 1.43 bits per heavy atom. The van der Waals surface area contributed by atoms with Crippen LogP contribution in [0, 0.1) is 5.92 Å². The highest BCUT2D eigenvalue weighted by molar-refractivity contribution is 5.75. The van der Waals surface area contributed by atoms with Crippen LogP contribution in [-0.4, -0.2) is 37.5 Å². The van der Waals surface area contributed by atoms with E-state index >= 15 is 0 Å². The molecule has 82 valence electrons. The van der Waals surface area contributed by atoms with E-state index in [-0.39, 0.29) is 0 Å². The molecule has 0 atom stereocenters. The van der Waals surface area contributed by atoms with Crippen LogP contribution in [0.5, 0.6) is 0 Å². The molecule has 0 aliphatic carbocycles. The van der Waals surface area contributed by atoms with Crippen LogP contribution in [0.4, 0.5) is 0 Å². The first-order valence-electron chi connectivity index (χ1n) is 5.68. The lowest BCUT2D eigenvalue weighted by molar-refractivity contribution is -0.130. The molecule has 0 unspecified atom stereocenters. The molecule has 14 heavy (non-hydrogen) atoms. The van der Waals surface area contributed by atoms with E-state index in [4.69, 9.17) is 0 Å². The van der Waals surface area contributed by atoms with Crippen molar-refractivity contribution in [1.29, 1.82) is 0 Å². The summed E-state index contributed by atoms with van der Waals surface area (Å²) in [5.74, 6) is 1.01. The molecule has 1 rings (SSSR count). The van der Waals surface area contributed by atoms with Gasteiger partial charge >= 0.3 is 0 Å². The summed E-state index contributed by atoms with van der Waals surface area (Å²) in [6, 6.07) is 0. The average Bonchev–Trinajstić information content (AvgIpc) is 2.19. The molecule has 0 aromatic rings. The number of carbonyl (C=O) groups excluding carboxylic acids is 1. The lowest BCUT2D eigenvalue weighted by Crippen LogP contribution is -2.37. The van der Waals surface area contributed by atoms with Gasteiger partial charge in [-0.15, -0.1) is 0 Å². The van der Waals surface area contributed by atoms with Gasteiger partial charge in [-0.05, 0) is 38.3 Å². The minimum atomic E-state index is 0.297. The van der Waals surface area contributed by atoms with E-state index in [0.29, 0.717) is 18.2 Å². The van der Waals surface area contributed by atoms with E-state index in [2.05, 4.69) is 12.2 Å². The van der Waals surface area contributed by atoms with Crippen LogP contribution < -0.4 is 5.32 Å². The first kappa shape index (κ1) is 11.5. The Hall–Kier alpha value is -0.570. The van der Waals surface area contributed by atoms with E-state index in [0.717, 1.165) is 26.1 Å². The van der Waals surface area contributed by atoms with Crippen molar-refractivity contribution >= 4 is 5.91 Å². The fraction of sp³-hybridized carbons (Fsp3) is 0.909. The third-order valence-corrected chi connectivity index (χ3v) is 2.88. The highest BCUT2D eigenvalue weighted by Crippen LogP contribution is 2.13. The molecule has 1 saturated heterocycles. The van der Waals surface area contributed by atoms with Crippen LogP contribution in [-0.2, 0) is 4.79 Å². The Bertz CT molecular complexity index is 176. The largest absolute Gasteiger partial charge is 0.345 e. The van der Waals surface area contributed by atoms with Gasteiger partial charge in [-0.25, -0.2) is 0 Å². The summed E-state index contributed by atoms with van der Waals surface area (Å²) in [5, 5.41) is 3.34. The molecular weight excluding hydrogens is 176 g/mol. The monoisotopic (exact) mass is 198 g/mol. The zero-order valence-corrected chi connectivity index (χ0v) is 9.38. The predicted octanol–water partition coefficient (Wildman–Crippen LogP) is 1.24. The zero-order chi connectivity index (χ0) is 10.4. The first-order chi connectivity index (χ1) is 6.74. The van der Waals surface area contributed by atoms with Crippen LogP contribution in [0.1, 0.15) is 32.6 Å². The molecule has 1 heterocycles. The van der Waals surface area contributed by atoms with Crippen molar-refractivity contribution in [3.8, 4) is 0 Å². The maximum absolute atomic E-state index is 11.5. The Morgan fingerprint density at radius 2 is 2.07 bits per heavy atom. The van der Waals surface area contributed by atoms with Crippen LogP contribution in [0.25, 0.3) is 0 Å². The van der Waals surface area contributed by atoms with Gasteiger partial charge in [-0.2, -0.15) is 0 Å². The summed E-state index contributed by atoms with van der Waals surface area (Å²) >= 11 is 0. The Balaban J connectivity index is 2.24. The topological polar surface area (TPSA) is 32.3 Å². The first-order valence-corrected chi connectivity index (χ1v) is 5.68. The van der Waals surface area contributed by atoms with Crippen molar-refractivity contribution in [3.63, 3.8) is 0 Å². The Kier molecular flexibility index (Phi) is 4.94. The number of piperidine rings is 1. The highest BCUT2D eigenvalue weighted by Gasteiger charge is 2.17. The third-order valence-electron chi connectivity index (χ3n) is 2.88. The number of nitrogens with zero attached hydrogens (tertiary/aromatic N) is 1. The van der Waals surface area contributed by atoms with Gasteiger partial charge in [0, 0.05) is 20.0 Å². The standard InChI is InChI=1S/C11H22N2O/c1-3-4-11(14)13(2)9-10-5-7-12-8-6-10/h10,12H,3-9H2,1-2H3. The van der Waals surface area contributed by atoms with Gasteiger partial charge in [0.15, 0.2) is 0 Å². The van der Waals surface area contributed by atoms with Crippen molar-refractivity contribution in [3.05, 3.63) is 0 Å². The highest BCUT2D eigenvalue weighted by atomic mass is 16.2. The smallest absolute Gasteiger partial charge is 0.222 e. The molecule has 1 fully saturated rings. The van der Waals surface area contributed by atoms with Crippen LogP contribution in [0.2, 0.25) is 0 Å². The van der Waals surface area contributed by atoms with E-state index in [1.54, 1.807) is 0 Å². The van der Waals surface area contributed by atoms with Crippen LogP contribution >= 0.6 is 0 Å². The normalized spacial score (nSPS) is 18.1. The number of carbonyl (C=O) groups is 1. The van der Waals surface area contributed by atoms with Gasteiger partial charge in [0.2, 0.25) is 5.91 Å². The Morgan fingerprint density at radius 3 is 2.64 bits per heavy atom. The van der Waals surface area contributed by atoms with Crippen molar-refractivity contribution in [2.24, 2.45) is 5.92 Å². The predicted molar refractivity (Wildman–Crippen MR) is 58.1 cm³/mol. The van der Waals surface area contributed by atoms with E-state index in [9.17, 15) is 4.79 Å². The maximum Gasteiger partial charge on any atom is 0.222 e. The molecule has 0 aromatic carbocycles. The SMILES string of the molecule is CCCC(=O)N(C)CC1CCNCC1. The number of hydrogen-bond acceptors (Lipinski definition) is 2. The molecule has 1 amide bonds. The van der Waals surface area contributed by atoms with Gasteiger partial charge < -0.3 is 10.2 Å². The van der Waals surface area contributed by atoms with Crippen molar-refractivity contribution in [2.45, 2.75) is 32.6 Å². The minimum Gasteiger partial charge on any atom is -0.345 e. The summed E-state index contributed by atoms with van der Waals surface area (Å²) in [7, 11) is 1.93. The second-order valence-corrected chi connectivity index (χ2v) is 4.22. The quantitative estimate of drug-likeness (QED) is 0.737.